The number of carbonyl (C=O) groups is 1. The zero-order valence-corrected chi connectivity index (χ0v) is 7.28. The Balaban J connectivity index is 2.45. The number of aryl methyl sites for hydroxylation is 1. The van der Waals surface area contributed by atoms with Gasteiger partial charge in [-0.15, -0.1) is 11.3 Å². The summed E-state index contributed by atoms with van der Waals surface area (Å²) in [5.41, 5.74) is 1.00. The van der Waals surface area contributed by atoms with E-state index in [9.17, 15) is 4.79 Å². The predicted molar refractivity (Wildman–Crippen MR) is 45.3 cm³/mol. The summed E-state index contributed by atoms with van der Waals surface area (Å²) in [6, 6.07) is 1.80. The van der Waals surface area contributed by atoms with Crippen LogP contribution in [0.15, 0.2) is 11.4 Å². The highest BCUT2D eigenvalue weighted by Gasteiger charge is 2.00. The minimum Gasteiger partial charge on any atom is -0.481 e. The molecule has 1 aromatic heterocycles. The summed E-state index contributed by atoms with van der Waals surface area (Å²) in [7, 11) is 0. The number of hydrogen-bond donors (Lipinski definition) is 1. The Morgan fingerprint density at radius 2 is 2.45 bits per heavy atom. The minimum absolute atomic E-state index is 0.174. The SMILES string of the molecule is O=C(O)CCc1csc(Cl)c1. The Bertz CT molecular complexity index is 257. The van der Waals surface area contributed by atoms with E-state index in [1.165, 1.54) is 11.3 Å². The third kappa shape index (κ3) is 2.91. The molecule has 0 aliphatic carbocycles. The lowest BCUT2D eigenvalue weighted by Crippen LogP contribution is -1.95. The van der Waals surface area contributed by atoms with Crippen LogP contribution in [-0.2, 0) is 11.2 Å². The molecule has 0 aliphatic rings. The van der Waals surface area contributed by atoms with Crippen LogP contribution in [0.25, 0.3) is 0 Å². The molecule has 0 radical (unpaired) electrons. The summed E-state index contributed by atoms with van der Waals surface area (Å²) in [6.07, 6.45) is 0.742. The maximum atomic E-state index is 10.1. The molecule has 2 nitrogen and oxygen atoms in total. The van der Waals surface area contributed by atoms with Crippen LogP contribution >= 0.6 is 22.9 Å². The third-order valence-electron chi connectivity index (χ3n) is 1.25. The average Bonchev–Trinajstić information content (AvgIpc) is 2.31. The Morgan fingerprint density at radius 1 is 1.73 bits per heavy atom. The first-order valence-electron chi connectivity index (χ1n) is 3.13. The summed E-state index contributed by atoms with van der Waals surface area (Å²) in [6.45, 7) is 0. The van der Waals surface area contributed by atoms with Crippen LogP contribution in [0.4, 0.5) is 0 Å². The van der Waals surface area contributed by atoms with Crippen LogP contribution in [0, 0.1) is 0 Å². The fourth-order valence-electron chi connectivity index (χ4n) is 0.728. The highest BCUT2D eigenvalue weighted by Crippen LogP contribution is 2.20. The second-order valence-electron chi connectivity index (χ2n) is 2.15. The molecule has 4 heteroatoms. The standard InChI is InChI=1S/C7H7ClO2S/c8-6-3-5(4-11-6)1-2-7(9)10/h3-4H,1-2H2,(H,9,10). The summed E-state index contributed by atoms with van der Waals surface area (Å²) in [5.74, 6) is -0.771. The molecule has 11 heavy (non-hydrogen) atoms. The molecule has 0 fully saturated rings. The van der Waals surface area contributed by atoms with Gasteiger partial charge in [-0.05, 0) is 23.4 Å². The first-order valence-corrected chi connectivity index (χ1v) is 4.39. The van der Waals surface area contributed by atoms with Crippen molar-refractivity contribution in [2.45, 2.75) is 12.8 Å². The number of rotatable bonds is 3. The average molecular weight is 191 g/mol. The molecule has 0 spiro atoms. The quantitative estimate of drug-likeness (QED) is 0.795. The number of aliphatic carboxylic acids is 1. The van der Waals surface area contributed by atoms with E-state index in [1.54, 1.807) is 6.07 Å². The monoisotopic (exact) mass is 190 g/mol. The maximum Gasteiger partial charge on any atom is 0.303 e. The van der Waals surface area contributed by atoms with Crippen molar-refractivity contribution in [1.82, 2.24) is 0 Å². The summed E-state index contributed by atoms with van der Waals surface area (Å²) in [5, 5.41) is 10.2. The minimum atomic E-state index is -0.771. The van der Waals surface area contributed by atoms with Gasteiger partial charge < -0.3 is 5.11 Å². The first kappa shape index (κ1) is 8.56. The summed E-state index contributed by atoms with van der Waals surface area (Å²) >= 11 is 7.08. The van der Waals surface area contributed by atoms with Gasteiger partial charge in [0.15, 0.2) is 0 Å². The number of carboxylic acid groups (broad SMARTS) is 1. The fourth-order valence-corrected chi connectivity index (χ4v) is 1.67. The van der Waals surface area contributed by atoms with E-state index in [0.717, 1.165) is 5.56 Å². The Kier molecular flexibility index (Phi) is 2.91. The fraction of sp³-hybridized carbons (Fsp3) is 0.286. The Morgan fingerprint density at radius 3 is 2.91 bits per heavy atom. The van der Waals surface area contributed by atoms with Crippen LogP contribution in [0.3, 0.4) is 0 Å². The van der Waals surface area contributed by atoms with Gasteiger partial charge in [0.2, 0.25) is 0 Å². The van der Waals surface area contributed by atoms with Gasteiger partial charge in [0, 0.05) is 6.42 Å². The smallest absolute Gasteiger partial charge is 0.303 e. The predicted octanol–water partition coefficient (Wildman–Crippen LogP) is 2.42. The highest BCUT2D eigenvalue weighted by atomic mass is 35.5. The van der Waals surface area contributed by atoms with Gasteiger partial charge in [0.1, 0.15) is 0 Å². The largest absolute Gasteiger partial charge is 0.481 e. The van der Waals surface area contributed by atoms with Gasteiger partial charge in [-0.3, -0.25) is 4.79 Å². The molecule has 0 saturated carbocycles. The van der Waals surface area contributed by atoms with Crippen LogP contribution in [-0.4, -0.2) is 11.1 Å². The molecule has 0 bridgehead atoms. The normalized spacial score (nSPS) is 9.91. The number of hydrogen-bond acceptors (Lipinski definition) is 2. The second kappa shape index (κ2) is 3.74. The van der Waals surface area contributed by atoms with Gasteiger partial charge in [-0.25, -0.2) is 0 Å². The molecule has 1 rings (SSSR count). The lowest BCUT2D eigenvalue weighted by molar-refractivity contribution is -0.136. The number of carboxylic acids is 1. The maximum absolute atomic E-state index is 10.1. The molecule has 0 aliphatic heterocycles. The van der Waals surface area contributed by atoms with Crippen molar-refractivity contribution in [2.24, 2.45) is 0 Å². The van der Waals surface area contributed by atoms with E-state index >= 15 is 0 Å². The third-order valence-corrected chi connectivity index (χ3v) is 2.39. The lowest BCUT2D eigenvalue weighted by atomic mass is 10.2. The van der Waals surface area contributed by atoms with Gasteiger partial charge in [0.05, 0.1) is 4.34 Å². The second-order valence-corrected chi connectivity index (χ2v) is 3.70. The summed E-state index contributed by atoms with van der Waals surface area (Å²) in [4.78, 5) is 10.1. The first-order chi connectivity index (χ1) is 5.18. The molecular weight excluding hydrogens is 184 g/mol. The zero-order chi connectivity index (χ0) is 8.27. The van der Waals surface area contributed by atoms with E-state index in [4.69, 9.17) is 16.7 Å². The molecule has 0 amide bonds. The van der Waals surface area contributed by atoms with Gasteiger partial charge >= 0.3 is 5.97 Å². The Labute approximate surface area is 73.4 Å². The van der Waals surface area contributed by atoms with E-state index in [-0.39, 0.29) is 6.42 Å². The van der Waals surface area contributed by atoms with Gasteiger partial charge in [-0.2, -0.15) is 0 Å². The van der Waals surface area contributed by atoms with E-state index in [2.05, 4.69) is 0 Å². The zero-order valence-electron chi connectivity index (χ0n) is 5.71. The molecule has 60 valence electrons. The van der Waals surface area contributed by atoms with Crippen molar-refractivity contribution in [2.75, 3.05) is 0 Å². The molecule has 0 saturated heterocycles. The van der Waals surface area contributed by atoms with Crippen molar-refractivity contribution in [3.63, 3.8) is 0 Å². The van der Waals surface area contributed by atoms with E-state index < -0.39 is 5.97 Å². The van der Waals surface area contributed by atoms with Gasteiger partial charge in [0.25, 0.3) is 0 Å². The van der Waals surface area contributed by atoms with Crippen molar-refractivity contribution in [1.29, 1.82) is 0 Å². The van der Waals surface area contributed by atoms with Crippen molar-refractivity contribution < 1.29 is 9.90 Å². The molecule has 1 heterocycles. The number of halogens is 1. The molecule has 1 N–H and O–H groups in total. The van der Waals surface area contributed by atoms with Crippen LogP contribution < -0.4 is 0 Å². The molecule has 0 aromatic carbocycles. The van der Waals surface area contributed by atoms with Crippen molar-refractivity contribution in [3.05, 3.63) is 21.3 Å². The summed E-state index contributed by atoms with van der Waals surface area (Å²) < 4.78 is 0.713. The van der Waals surface area contributed by atoms with Crippen molar-refractivity contribution in [3.8, 4) is 0 Å². The topological polar surface area (TPSA) is 37.3 Å². The Hall–Kier alpha value is -0.540. The van der Waals surface area contributed by atoms with Crippen molar-refractivity contribution >= 4 is 28.9 Å². The highest BCUT2D eigenvalue weighted by molar-refractivity contribution is 7.14. The van der Waals surface area contributed by atoms with Gasteiger partial charge in [-0.1, -0.05) is 11.6 Å². The molecule has 1 aromatic rings. The van der Waals surface area contributed by atoms with Crippen LogP contribution in [0.1, 0.15) is 12.0 Å². The molecule has 0 atom stereocenters. The molecular formula is C7H7ClO2S. The van der Waals surface area contributed by atoms with Crippen LogP contribution in [0.2, 0.25) is 4.34 Å². The van der Waals surface area contributed by atoms with Crippen LogP contribution in [0.5, 0.6) is 0 Å². The van der Waals surface area contributed by atoms with E-state index in [0.29, 0.717) is 10.8 Å². The molecule has 0 unspecified atom stereocenters. The number of thiophene rings is 1. The lowest BCUT2D eigenvalue weighted by Gasteiger charge is -1.90. The van der Waals surface area contributed by atoms with E-state index in [1.807, 2.05) is 5.38 Å².